The van der Waals surface area contributed by atoms with E-state index in [0.29, 0.717) is 6.04 Å². The number of hydrogen-bond donors (Lipinski definition) is 1. The summed E-state index contributed by atoms with van der Waals surface area (Å²) >= 11 is 1.65. The highest BCUT2D eigenvalue weighted by Crippen LogP contribution is 2.27. The molecule has 0 saturated carbocycles. The van der Waals surface area contributed by atoms with Gasteiger partial charge in [0.2, 0.25) is 5.91 Å². The van der Waals surface area contributed by atoms with Crippen molar-refractivity contribution in [2.75, 3.05) is 26.2 Å². The van der Waals surface area contributed by atoms with Crippen LogP contribution >= 0.6 is 11.8 Å². The summed E-state index contributed by atoms with van der Waals surface area (Å²) in [6.45, 7) is 7.82. The average Bonchev–Trinajstić information content (AvgIpc) is 2.64. The highest BCUT2D eigenvalue weighted by atomic mass is 32.2. The largest absolute Gasteiger partial charge is 0.393 e. The van der Waals surface area contributed by atoms with Gasteiger partial charge in [0.15, 0.2) is 0 Å². The first kappa shape index (κ1) is 18.7. The number of carbonyl (C=O) groups is 1. The van der Waals surface area contributed by atoms with Crippen LogP contribution in [0.3, 0.4) is 0 Å². The molecular formula is C20H30N2O2S. The zero-order chi connectivity index (χ0) is 17.8. The third kappa shape index (κ3) is 4.99. The van der Waals surface area contributed by atoms with E-state index < -0.39 is 0 Å². The Bertz CT molecular complexity index is 562. The first-order valence-corrected chi connectivity index (χ1v) is 10.3. The third-order valence-corrected chi connectivity index (χ3v) is 6.57. The first-order valence-electron chi connectivity index (χ1n) is 9.47. The lowest BCUT2D eigenvalue weighted by atomic mass is 9.99. The van der Waals surface area contributed by atoms with Crippen LogP contribution in [-0.2, 0) is 4.79 Å². The van der Waals surface area contributed by atoms with E-state index in [2.05, 4.69) is 36.1 Å². The Morgan fingerprint density at radius 1 is 1.08 bits per heavy atom. The number of rotatable bonds is 4. The second kappa shape index (κ2) is 8.56. The normalized spacial score (nSPS) is 22.1. The molecule has 2 heterocycles. The molecule has 2 aliphatic rings. The minimum Gasteiger partial charge on any atom is -0.393 e. The van der Waals surface area contributed by atoms with Crippen LogP contribution in [0.4, 0.5) is 0 Å². The number of carbonyl (C=O) groups excluding carboxylic acids is 1. The molecule has 0 bridgehead atoms. The van der Waals surface area contributed by atoms with Crippen molar-refractivity contribution < 1.29 is 9.90 Å². The second-order valence-corrected chi connectivity index (χ2v) is 8.81. The molecule has 5 heteroatoms. The van der Waals surface area contributed by atoms with Crippen LogP contribution in [0.15, 0.2) is 29.2 Å². The van der Waals surface area contributed by atoms with Crippen LogP contribution in [0, 0.1) is 6.92 Å². The van der Waals surface area contributed by atoms with E-state index in [-0.39, 0.29) is 17.3 Å². The molecule has 1 N–H and O–H groups in total. The number of aliphatic hydroxyl groups is 1. The number of hydrogen-bond acceptors (Lipinski definition) is 4. The van der Waals surface area contributed by atoms with E-state index in [1.165, 1.54) is 5.56 Å². The summed E-state index contributed by atoms with van der Waals surface area (Å²) < 4.78 is 0. The van der Waals surface area contributed by atoms with E-state index in [0.717, 1.165) is 56.8 Å². The molecule has 138 valence electrons. The highest BCUT2D eigenvalue weighted by Gasteiger charge is 2.30. The Hall–Kier alpha value is -1.04. The molecule has 1 atom stereocenters. The van der Waals surface area contributed by atoms with Crippen LogP contribution in [0.25, 0.3) is 0 Å². The summed E-state index contributed by atoms with van der Waals surface area (Å²) in [5.41, 5.74) is 1.25. The molecule has 1 unspecified atom stereocenters. The number of aliphatic hydroxyl groups excluding tert-OH is 1. The summed E-state index contributed by atoms with van der Waals surface area (Å²) in [5, 5.41) is 9.62. The van der Waals surface area contributed by atoms with Gasteiger partial charge in [0.1, 0.15) is 0 Å². The van der Waals surface area contributed by atoms with Gasteiger partial charge in [-0.15, -0.1) is 11.8 Å². The van der Waals surface area contributed by atoms with Crippen molar-refractivity contribution in [3.05, 3.63) is 29.8 Å². The van der Waals surface area contributed by atoms with E-state index in [9.17, 15) is 9.90 Å². The van der Waals surface area contributed by atoms with Crippen LogP contribution in [0.5, 0.6) is 0 Å². The van der Waals surface area contributed by atoms with Gasteiger partial charge in [-0.05, 0) is 51.7 Å². The zero-order valence-electron chi connectivity index (χ0n) is 15.4. The molecule has 4 nitrogen and oxygen atoms in total. The Balaban J connectivity index is 1.46. The molecule has 2 fully saturated rings. The fourth-order valence-electron chi connectivity index (χ4n) is 3.83. The molecule has 0 radical (unpaired) electrons. The average molecular weight is 363 g/mol. The fourth-order valence-corrected chi connectivity index (χ4v) is 4.78. The summed E-state index contributed by atoms with van der Waals surface area (Å²) in [7, 11) is 0. The summed E-state index contributed by atoms with van der Waals surface area (Å²) in [4.78, 5) is 18.5. The van der Waals surface area contributed by atoms with Crippen LogP contribution in [0.2, 0.25) is 0 Å². The van der Waals surface area contributed by atoms with Crippen molar-refractivity contribution in [1.29, 1.82) is 0 Å². The SMILES string of the molecule is Cc1ccc(SC(C)C(=O)N2CCC(N3CCC(O)CC3)CC2)cc1. The maximum Gasteiger partial charge on any atom is 0.235 e. The maximum atomic E-state index is 12.8. The van der Waals surface area contributed by atoms with Gasteiger partial charge in [-0.3, -0.25) is 4.79 Å². The predicted octanol–water partition coefficient (Wildman–Crippen LogP) is 2.92. The van der Waals surface area contributed by atoms with Gasteiger partial charge in [0.05, 0.1) is 11.4 Å². The number of benzene rings is 1. The monoisotopic (exact) mass is 362 g/mol. The molecule has 1 aromatic rings. The Morgan fingerprint density at radius 3 is 2.28 bits per heavy atom. The lowest BCUT2D eigenvalue weighted by Crippen LogP contribution is -2.50. The lowest BCUT2D eigenvalue weighted by Gasteiger charge is -2.41. The fraction of sp³-hybridized carbons (Fsp3) is 0.650. The summed E-state index contributed by atoms with van der Waals surface area (Å²) in [6.07, 6.45) is 3.79. The molecular weight excluding hydrogens is 332 g/mol. The Labute approximate surface area is 155 Å². The summed E-state index contributed by atoms with van der Waals surface area (Å²) in [6, 6.07) is 8.97. The molecule has 3 rings (SSSR count). The van der Waals surface area contributed by atoms with E-state index in [1.54, 1.807) is 11.8 Å². The summed E-state index contributed by atoms with van der Waals surface area (Å²) in [5.74, 6) is 0.262. The van der Waals surface area contributed by atoms with Crippen molar-refractivity contribution in [3.8, 4) is 0 Å². The van der Waals surface area contributed by atoms with Crippen molar-refractivity contribution in [3.63, 3.8) is 0 Å². The molecule has 1 amide bonds. The number of likely N-dealkylation sites (tertiary alicyclic amines) is 2. The minimum atomic E-state index is -0.113. The van der Waals surface area contributed by atoms with Gasteiger partial charge in [-0.25, -0.2) is 0 Å². The topological polar surface area (TPSA) is 43.8 Å². The Kier molecular flexibility index (Phi) is 6.42. The smallest absolute Gasteiger partial charge is 0.235 e. The van der Waals surface area contributed by atoms with Crippen LogP contribution in [-0.4, -0.2) is 64.4 Å². The van der Waals surface area contributed by atoms with Gasteiger partial charge in [-0.1, -0.05) is 17.7 Å². The first-order chi connectivity index (χ1) is 12.0. The molecule has 1 aromatic carbocycles. The van der Waals surface area contributed by atoms with E-state index in [4.69, 9.17) is 0 Å². The Morgan fingerprint density at radius 2 is 1.68 bits per heavy atom. The molecule has 2 aliphatic heterocycles. The highest BCUT2D eigenvalue weighted by molar-refractivity contribution is 8.00. The lowest BCUT2D eigenvalue weighted by molar-refractivity contribution is -0.132. The standard InChI is InChI=1S/C20H30N2O2S/c1-15-3-5-19(6-4-15)25-16(2)20(24)22-11-7-17(8-12-22)21-13-9-18(23)10-14-21/h3-6,16-18,23H,7-14H2,1-2H3. The van der Waals surface area contributed by atoms with Gasteiger partial charge in [-0.2, -0.15) is 0 Å². The van der Waals surface area contributed by atoms with Gasteiger partial charge >= 0.3 is 0 Å². The molecule has 25 heavy (non-hydrogen) atoms. The number of amides is 1. The maximum absolute atomic E-state index is 12.8. The minimum absolute atomic E-state index is 0.0376. The predicted molar refractivity (Wildman–Crippen MR) is 103 cm³/mol. The quantitative estimate of drug-likeness (QED) is 0.837. The van der Waals surface area contributed by atoms with Crippen molar-refractivity contribution in [2.45, 2.75) is 61.8 Å². The van der Waals surface area contributed by atoms with Gasteiger partial charge < -0.3 is 14.9 Å². The third-order valence-electron chi connectivity index (χ3n) is 5.47. The molecule has 0 spiro atoms. The number of aryl methyl sites for hydroxylation is 1. The van der Waals surface area contributed by atoms with Crippen LogP contribution in [0.1, 0.15) is 38.2 Å². The van der Waals surface area contributed by atoms with Crippen molar-refractivity contribution in [1.82, 2.24) is 9.80 Å². The second-order valence-electron chi connectivity index (χ2n) is 7.40. The number of piperidine rings is 2. The molecule has 2 saturated heterocycles. The molecule has 0 aliphatic carbocycles. The van der Waals surface area contributed by atoms with Crippen molar-refractivity contribution >= 4 is 17.7 Å². The van der Waals surface area contributed by atoms with Gasteiger partial charge in [0.25, 0.3) is 0 Å². The number of nitrogens with zero attached hydrogens (tertiary/aromatic N) is 2. The van der Waals surface area contributed by atoms with Crippen LogP contribution < -0.4 is 0 Å². The van der Waals surface area contributed by atoms with Crippen molar-refractivity contribution in [2.24, 2.45) is 0 Å². The van der Waals surface area contributed by atoms with E-state index in [1.807, 2.05) is 11.8 Å². The zero-order valence-corrected chi connectivity index (χ0v) is 16.2. The van der Waals surface area contributed by atoms with E-state index >= 15 is 0 Å². The number of thioether (sulfide) groups is 1. The van der Waals surface area contributed by atoms with Gasteiger partial charge in [0, 0.05) is 37.1 Å². The molecule has 0 aromatic heterocycles.